The minimum atomic E-state index is -3.20. The standard InChI is InChI=1S/C12H18N2O3S/c1-9(6-7-13)18(16,17)8-10-2-4-11(5-3-10)12(14)15/h2-5,9H,6-8,13H2,1H3,(H2,14,15). The normalized spacial score (nSPS) is 13.2. The highest BCUT2D eigenvalue weighted by Crippen LogP contribution is 2.14. The van der Waals surface area contributed by atoms with Crippen LogP contribution < -0.4 is 11.5 Å². The van der Waals surface area contributed by atoms with Crippen LogP contribution in [0, 0.1) is 0 Å². The molecule has 0 aliphatic heterocycles. The average Bonchev–Trinajstić information content (AvgIpc) is 2.29. The number of primary amides is 1. The SMILES string of the molecule is CC(CCN)S(=O)(=O)Cc1ccc(C(N)=O)cc1. The van der Waals surface area contributed by atoms with Crippen molar-refractivity contribution in [2.75, 3.05) is 6.54 Å². The van der Waals surface area contributed by atoms with Gasteiger partial charge in [-0.1, -0.05) is 12.1 Å². The molecule has 0 saturated carbocycles. The van der Waals surface area contributed by atoms with Gasteiger partial charge < -0.3 is 11.5 Å². The lowest BCUT2D eigenvalue weighted by Gasteiger charge is -2.11. The van der Waals surface area contributed by atoms with Crippen LogP contribution in [0.4, 0.5) is 0 Å². The van der Waals surface area contributed by atoms with E-state index < -0.39 is 21.0 Å². The number of hydrogen-bond donors (Lipinski definition) is 2. The Labute approximate surface area is 107 Å². The number of amides is 1. The Hall–Kier alpha value is -1.40. The second-order valence-corrected chi connectivity index (χ2v) is 6.68. The Morgan fingerprint density at radius 1 is 1.28 bits per heavy atom. The van der Waals surface area contributed by atoms with Gasteiger partial charge in [0.15, 0.2) is 9.84 Å². The molecule has 1 rings (SSSR count). The summed E-state index contributed by atoms with van der Waals surface area (Å²) < 4.78 is 23.9. The molecule has 100 valence electrons. The summed E-state index contributed by atoms with van der Waals surface area (Å²) in [5, 5.41) is -0.460. The first kappa shape index (κ1) is 14.7. The first-order valence-corrected chi connectivity index (χ1v) is 7.38. The molecule has 1 aromatic rings. The third-order valence-corrected chi connectivity index (χ3v) is 4.99. The molecule has 0 radical (unpaired) electrons. The maximum Gasteiger partial charge on any atom is 0.248 e. The zero-order valence-corrected chi connectivity index (χ0v) is 11.1. The van der Waals surface area contributed by atoms with Crippen molar-refractivity contribution in [1.29, 1.82) is 0 Å². The number of nitrogens with two attached hydrogens (primary N) is 2. The molecule has 0 aliphatic rings. The molecule has 0 bridgehead atoms. The van der Waals surface area contributed by atoms with Gasteiger partial charge in [0.25, 0.3) is 0 Å². The molecule has 0 saturated heterocycles. The third-order valence-electron chi connectivity index (χ3n) is 2.79. The van der Waals surface area contributed by atoms with Crippen LogP contribution in [0.2, 0.25) is 0 Å². The van der Waals surface area contributed by atoms with Gasteiger partial charge in [-0.05, 0) is 37.6 Å². The Morgan fingerprint density at radius 3 is 2.28 bits per heavy atom. The smallest absolute Gasteiger partial charge is 0.248 e. The zero-order valence-electron chi connectivity index (χ0n) is 10.3. The monoisotopic (exact) mass is 270 g/mol. The molecule has 0 aliphatic carbocycles. The van der Waals surface area contributed by atoms with Gasteiger partial charge in [-0.2, -0.15) is 0 Å². The highest BCUT2D eigenvalue weighted by atomic mass is 32.2. The number of sulfone groups is 1. The van der Waals surface area contributed by atoms with E-state index in [1.807, 2.05) is 0 Å². The Bertz CT molecular complexity index is 509. The van der Waals surface area contributed by atoms with E-state index >= 15 is 0 Å². The highest BCUT2D eigenvalue weighted by molar-refractivity contribution is 7.91. The molecule has 0 fully saturated rings. The molecular formula is C12H18N2O3S. The molecular weight excluding hydrogens is 252 g/mol. The minimum absolute atomic E-state index is 0.0484. The van der Waals surface area contributed by atoms with Gasteiger partial charge in [0, 0.05) is 5.56 Å². The summed E-state index contributed by atoms with van der Waals surface area (Å²) in [5.74, 6) is -0.575. The molecule has 0 spiro atoms. The number of carbonyl (C=O) groups excluding carboxylic acids is 1. The topological polar surface area (TPSA) is 103 Å². The fourth-order valence-electron chi connectivity index (χ4n) is 1.55. The lowest BCUT2D eigenvalue weighted by molar-refractivity contribution is 0.100. The van der Waals surface area contributed by atoms with Gasteiger partial charge in [0.05, 0.1) is 11.0 Å². The Morgan fingerprint density at radius 2 is 1.83 bits per heavy atom. The van der Waals surface area contributed by atoms with E-state index in [2.05, 4.69) is 0 Å². The molecule has 0 heterocycles. The second-order valence-electron chi connectivity index (χ2n) is 4.26. The summed E-state index contributed by atoms with van der Waals surface area (Å²) in [5.41, 5.74) is 11.5. The summed E-state index contributed by atoms with van der Waals surface area (Å²) in [4.78, 5) is 10.9. The number of hydrogen-bond acceptors (Lipinski definition) is 4. The summed E-state index contributed by atoms with van der Waals surface area (Å²) in [6.07, 6.45) is 0.446. The number of carbonyl (C=O) groups is 1. The molecule has 6 heteroatoms. The second kappa shape index (κ2) is 5.97. The van der Waals surface area contributed by atoms with Crippen LogP contribution in [0.15, 0.2) is 24.3 Å². The van der Waals surface area contributed by atoms with Crippen LogP contribution in [0.5, 0.6) is 0 Å². The van der Waals surface area contributed by atoms with Gasteiger partial charge in [-0.3, -0.25) is 4.79 Å². The van der Waals surface area contributed by atoms with Crippen molar-refractivity contribution in [3.63, 3.8) is 0 Å². The van der Waals surface area contributed by atoms with Crippen molar-refractivity contribution in [2.24, 2.45) is 11.5 Å². The molecule has 0 aromatic heterocycles. The fourth-order valence-corrected chi connectivity index (χ4v) is 2.99. The lowest BCUT2D eigenvalue weighted by atomic mass is 10.1. The predicted molar refractivity (Wildman–Crippen MR) is 70.7 cm³/mol. The maximum atomic E-state index is 12.0. The van der Waals surface area contributed by atoms with E-state index in [1.165, 1.54) is 12.1 Å². The summed E-state index contributed by atoms with van der Waals surface area (Å²) >= 11 is 0. The largest absolute Gasteiger partial charge is 0.366 e. The lowest BCUT2D eigenvalue weighted by Crippen LogP contribution is -2.22. The van der Waals surface area contributed by atoms with E-state index in [0.29, 0.717) is 24.1 Å². The van der Waals surface area contributed by atoms with Crippen LogP contribution in [-0.4, -0.2) is 26.1 Å². The molecule has 1 amide bonds. The molecule has 4 N–H and O–H groups in total. The van der Waals surface area contributed by atoms with Crippen molar-refractivity contribution in [1.82, 2.24) is 0 Å². The summed E-state index contributed by atoms with van der Waals surface area (Å²) in [7, 11) is -3.20. The molecule has 5 nitrogen and oxygen atoms in total. The van der Waals surface area contributed by atoms with Crippen LogP contribution in [-0.2, 0) is 15.6 Å². The van der Waals surface area contributed by atoms with Crippen molar-refractivity contribution >= 4 is 15.7 Å². The third kappa shape index (κ3) is 3.82. The van der Waals surface area contributed by atoms with E-state index in [0.717, 1.165) is 0 Å². The molecule has 1 aromatic carbocycles. The zero-order chi connectivity index (χ0) is 13.8. The molecule has 1 atom stereocenters. The maximum absolute atomic E-state index is 12.0. The summed E-state index contributed by atoms with van der Waals surface area (Å²) in [6.45, 7) is 2.00. The van der Waals surface area contributed by atoms with E-state index in [1.54, 1.807) is 19.1 Å². The van der Waals surface area contributed by atoms with Crippen LogP contribution in [0.25, 0.3) is 0 Å². The van der Waals surface area contributed by atoms with Gasteiger partial charge in [0.2, 0.25) is 5.91 Å². The first-order valence-electron chi connectivity index (χ1n) is 5.67. The fraction of sp³-hybridized carbons (Fsp3) is 0.417. The molecule has 18 heavy (non-hydrogen) atoms. The van der Waals surface area contributed by atoms with Crippen LogP contribution >= 0.6 is 0 Å². The Balaban J connectivity index is 2.81. The number of benzene rings is 1. The van der Waals surface area contributed by atoms with Gasteiger partial charge in [-0.25, -0.2) is 8.42 Å². The van der Waals surface area contributed by atoms with E-state index in [-0.39, 0.29) is 5.75 Å². The van der Waals surface area contributed by atoms with Crippen molar-refractivity contribution in [3.8, 4) is 0 Å². The Kier molecular flexibility index (Phi) is 4.86. The van der Waals surface area contributed by atoms with Gasteiger partial charge in [0.1, 0.15) is 0 Å². The van der Waals surface area contributed by atoms with Gasteiger partial charge >= 0.3 is 0 Å². The van der Waals surface area contributed by atoms with Crippen LogP contribution in [0.3, 0.4) is 0 Å². The van der Waals surface area contributed by atoms with E-state index in [4.69, 9.17) is 11.5 Å². The first-order chi connectivity index (χ1) is 8.36. The van der Waals surface area contributed by atoms with Crippen molar-refractivity contribution in [2.45, 2.75) is 24.3 Å². The van der Waals surface area contributed by atoms with Crippen molar-refractivity contribution < 1.29 is 13.2 Å². The highest BCUT2D eigenvalue weighted by Gasteiger charge is 2.20. The van der Waals surface area contributed by atoms with Gasteiger partial charge in [-0.15, -0.1) is 0 Å². The average molecular weight is 270 g/mol. The van der Waals surface area contributed by atoms with E-state index in [9.17, 15) is 13.2 Å². The quantitative estimate of drug-likeness (QED) is 0.782. The number of rotatable bonds is 6. The van der Waals surface area contributed by atoms with Crippen LogP contribution in [0.1, 0.15) is 29.3 Å². The molecule has 1 unspecified atom stereocenters. The predicted octanol–water partition coefficient (Wildman–Crippen LogP) is 0.438. The van der Waals surface area contributed by atoms with Crippen molar-refractivity contribution in [3.05, 3.63) is 35.4 Å². The summed E-state index contributed by atoms with van der Waals surface area (Å²) in [6, 6.07) is 6.27. The minimum Gasteiger partial charge on any atom is -0.366 e.